The molecule has 1 aromatic carbocycles. The second kappa shape index (κ2) is 5.89. The smallest absolute Gasteiger partial charge is 0.0380 e. The molecule has 0 spiro atoms. The Balaban J connectivity index is 1.90. The number of nitrogens with one attached hydrogen (secondary N) is 1. The van der Waals surface area contributed by atoms with Gasteiger partial charge in [-0.2, -0.15) is 0 Å². The molecule has 0 aromatic heterocycles. The molecule has 0 amide bonds. The zero-order valence-electron chi connectivity index (χ0n) is 9.93. The van der Waals surface area contributed by atoms with Gasteiger partial charge >= 0.3 is 0 Å². The molecule has 0 unspecified atom stereocenters. The summed E-state index contributed by atoms with van der Waals surface area (Å²) in [5.41, 5.74) is 2.67. The lowest BCUT2D eigenvalue weighted by molar-refractivity contribution is 0.373. The molecule has 0 atom stereocenters. The molecule has 1 fully saturated rings. The van der Waals surface area contributed by atoms with Crippen LogP contribution in [0.15, 0.2) is 18.2 Å². The second-order valence-corrected chi connectivity index (χ2v) is 6.09. The lowest BCUT2D eigenvalue weighted by Crippen LogP contribution is -2.17. The van der Waals surface area contributed by atoms with Crippen LogP contribution in [-0.2, 0) is 0 Å². The molecule has 0 heterocycles. The van der Waals surface area contributed by atoms with E-state index in [1.54, 1.807) is 0 Å². The molecule has 1 saturated carbocycles. The SMILES string of the molecule is Cc1ccc(I)cc1NCC1CCCCC1. The third-order valence-corrected chi connectivity index (χ3v) is 4.18. The minimum Gasteiger partial charge on any atom is -0.385 e. The van der Waals surface area contributed by atoms with Gasteiger partial charge in [0.2, 0.25) is 0 Å². The van der Waals surface area contributed by atoms with Gasteiger partial charge in [-0.3, -0.25) is 0 Å². The van der Waals surface area contributed by atoms with Crippen molar-refractivity contribution in [1.29, 1.82) is 0 Å². The Bertz CT molecular complexity index is 343. The summed E-state index contributed by atoms with van der Waals surface area (Å²) in [6, 6.07) is 6.62. The van der Waals surface area contributed by atoms with Crippen LogP contribution >= 0.6 is 22.6 Å². The zero-order valence-corrected chi connectivity index (χ0v) is 12.1. The standard InChI is InChI=1S/C14H20IN/c1-11-7-8-13(15)9-14(11)16-10-12-5-3-2-4-6-12/h7-9,12,16H,2-6,10H2,1H3. The van der Waals surface area contributed by atoms with E-state index in [4.69, 9.17) is 0 Å². The molecule has 88 valence electrons. The molecule has 0 aliphatic heterocycles. The van der Waals surface area contributed by atoms with E-state index >= 15 is 0 Å². The fourth-order valence-corrected chi connectivity index (χ4v) is 2.92. The molecule has 2 rings (SSSR count). The van der Waals surface area contributed by atoms with E-state index in [9.17, 15) is 0 Å². The number of hydrogen-bond acceptors (Lipinski definition) is 1. The molecule has 2 heteroatoms. The minimum atomic E-state index is 0.894. The van der Waals surface area contributed by atoms with Gasteiger partial charge in [-0.25, -0.2) is 0 Å². The highest BCUT2D eigenvalue weighted by Gasteiger charge is 2.13. The number of aryl methyl sites for hydroxylation is 1. The van der Waals surface area contributed by atoms with Gasteiger partial charge in [0.1, 0.15) is 0 Å². The molecule has 1 aliphatic carbocycles. The van der Waals surface area contributed by atoms with Gasteiger partial charge in [-0.05, 0) is 66.0 Å². The van der Waals surface area contributed by atoms with Gasteiger partial charge in [-0.15, -0.1) is 0 Å². The van der Waals surface area contributed by atoms with E-state index in [1.165, 1.54) is 46.9 Å². The lowest BCUT2D eigenvalue weighted by Gasteiger charge is -2.22. The quantitative estimate of drug-likeness (QED) is 0.800. The van der Waals surface area contributed by atoms with Crippen LogP contribution in [0, 0.1) is 16.4 Å². The molecule has 1 N–H and O–H groups in total. The Morgan fingerprint density at radius 1 is 1.25 bits per heavy atom. The van der Waals surface area contributed by atoms with Crippen LogP contribution in [0.2, 0.25) is 0 Å². The van der Waals surface area contributed by atoms with Gasteiger partial charge in [0.25, 0.3) is 0 Å². The Kier molecular flexibility index (Phi) is 4.50. The molecular weight excluding hydrogens is 309 g/mol. The van der Waals surface area contributed by atoms with Crippen LogP contribution < -0.4 is 5.32 Å². The molecule has 1 aromatic rings. The van der Waals surface area contributed by atoms with Crippen molar-refractivity contribution < 1.29 is 0 Å². The van der Waals surface area contributed by atoms with Crippen LogP contribution in [-0.4, -0.2) is 6.54 Å². The Morgan fingerprint density at radius 2 is 2.00 bits per heavy atom. The predicted molar refractivity (Wildman–Crippen MR) is 79.0 cm³/mol. The molecule has 1 nitrogen and oxygen atoms in total. The molecule has 0 bridgehead atoms. The molecule has 16 heavy (non-hydrogen) atoms. The second-order valence-electron chi connectivity index (χ2n) is 4.84. The average molecular weight is 329 g/mol. The van der Waals surface area contributed by atoms with Gasteiger partial charge in [0.15, 0.2) is 0 Å². The van der Waals surface area contributed by atoms with Gasteiger partial charge in [0.05, 0.1) is 0 Å². The van der Waals surface area contributed by atoms with E-state index in [1.807, 2.05) is 0 Å². The van der Waals surface area contributed by atoms with Crippen molar-refractivity contribution in [2.75, 3.05) is 11.9 Å². The molecule has 0 saturated heterocycles. The Morgan fingerprint density at radius 3 is 2.75 bits per heavy atom. The van der Waals surface area contributed by atoms with Crippen LogP contribution in [0.1, 0.15) is 37.7 Å². The molecule has 1 aliphatic rings. The maximum absolute atomic E-state index is 3.62. The Hall–Kier alpha value is -0.250. The number of halogens is 1. The first-order valence-corrected chi connectivity index (χ1v) is 7.33. The summed E-state index contributed by atoms with van der Waals surface area (Å²) in [6.45, 7) is 3.33. The van der Waals surface area contributed by atoms with Crippen LogP contribution in [0.5, 0.6) is 0 Å². The van der Waals surface area contributed by atoms with Crippen molar-refractivity contribution in [1.82, 2.24) is 0 Å². The summed E-state index contributed by atoms with van der Waals surface area (Å²) in [4.78, 5) is 0. The molecule has 0 radical (unpaired) electrons. The summed E-state index contributed by atoms with van der Waals surface area (Å²) in [5, 5.41) is 3.62. The third-order valence-electron chi connectivity index (χ3n) is 3.51. The fraction of sp³-hybridized carbons (Fsp3) is 0.571. The summed E-state index contributed by atoms with van der Waals surface area (Å²) in [7, 11) is 0. The van der Waals surface area contributed by atoms with Crippen molar-refractivity contribution in [2.24, 2.45) is 5.92 Å². The first kappa shape index (κ1) is 12.2. The van der Waals surface area contributed by atoms with Crippen LogP contribution in [0.3, 0.4) is 0 Å². The molecular formula is C14H20IN. The van der Waals surface area contributed by atoms with Crippen molar-refractivity contribution in [3.05, 3.63) is 27.3 Å². The number of anilines is 1. The summed E-state index contributed by atoms with van der Waals surface area (Å²) < 4.78 is 1.31. The topological polar surface area (TPSA) is 12.0 Å². The maximum Gasteiger partial charge on any atom is 0.0380 e. The number of rotatable bonds is 3. The highest BCUT2D eigenvalue weighted by Crippen LogP contribution is 2.25. The van der Waals surface area contributed by atoms with Gasteiger partial charge < -0.3 is 5.32 Å². The van der Waals surface area contributed by atoms with E-state index in [0.29, 0.717) is 0 Å². The number of benzene rings is 1. The third kappa shape index (κ3) is 3.37. The Labute approximate surface area is 112 Å². The zero-order chi connectivity index (χ0) is 11.4. The monoisotopic (exact) mass is 329 g/mol. The van der Waals surface area contributed by atoms with Crippen molar-refractivity contribution in [3.63, 3.8) is 0 Å². The first-order valence-electron chi connectivity index (χ1n) is 6.26. The fourth-order valence-electron chi connectivity index (χ4n) is 2.43. The van der Waals surface area contributed by atoms with Crippen molar-refractivity contribution in [3.8, 4) is 0 Å². The summed E-state index contributed by atoms with van der Waals surface area (Å²) in [6.07, 6.45) is 7.13. The minimum absolute atomic E-state index is 0.894. The first-order chi connectivity index (χ1) is 7.75. The normalized spacial score (nSPS) is 17.4. The summed E-state index contributed by atoms with van der Waals surface area (Å²) in [5.74, 6) is 0.894. The lowest BCUT2D eigenvalue weighted by atomic mass is 9.89. The van der Waals surface area contributed by atoms with Crippen molar-refractivity contribution in [2.45, 2.75) is 39.0 Å². The highest BCUT2D eigenvalue weighted by molar-refractivity contribution is 14.1. The number of hydrogen-bond donors (Lipinski definition) is 1. The van der Waals surface area contributed by atoms with Gasteiger partial charge in [-0.1, -0.05) is 25.3 Å². The van der Waals surface area contributed by atoms with E-state index in [-0.39, 0.29) is 0 Å². The predicted octanol–water partition coefficient (Wildman–Crippen LogP) is 4.59. The summed E-state index contributed by atoms with van der Waals surface area (Å²) >= 11 is 2.38. The van der Waals surface area contributed by atoms with E-state index in [2.05, 4.69) is 53.0 Å². The average Bonchev–Trinajstić information content (AvgIpc) is 2.32. The largest absolute Gasteiger partial charge is 0.385 e. The van der Waals surface area contributed by atoms with Crippen molar-refractivity contribution >= 4 is 28.3 Å². The van der Waals surface area contributed by atoms with Crippen LogP contribution in [0.25, 0.3) is 0 Å². The van der Waals surface area contributed by atoms with Crippen LogP contribution in [0.4, 0.5) is 5.69 Å². The van der Waals surface area contributed by atoms with E-state index < -0.39 is 0 Å². The maximum atomic E-state index is 3.62. The highest BCUT2D eigenvalue weighted by atomic mass is 127. The van der Waals surface area contributed by atoms with E-state index in [0.717, 1.165) is 12.5 Å². The van der Waals surface area contributed by atoms with Gasteiger partial charge in [0, 0.05) is 15.8 Å².